The van der Waals surface area contributed by atoms with Crippen LogP contribution in [0.15, 0.2) is 0 Å². The van der Waals surface area contributed by atoms with Crippen LogP contribution < -0.4 is 5.73 Å². The van der Waals surface area contributed by atoms with Crippen molar-refractivity contribution in [2.75, 3.05) is 19.6 Å². The number of rotatable bonds is 6. The van der Waals surface area contributed by atoms with E-state index in [0.717, 1.165) is 0 Å². The first-order valence-electron chi connectivity index (χ1n) is 7.00. The van der Waals surface area contributed by atoms with Crippen LogP contribution >= 0.6 is 0 Å². The molecule has 0 saturated carbocycles. The molecule has 118 valence electrons. The molecule has 7 heteroatoms. The van der Waals surface area contributed by atoms with Crippen molar-refractivity contribution in [1.29, 1.82) is 0 Å². The molecule has 2 unspecified atom stereocenters. The molecular weight excluding hydrogens is 273 g/mol. The van der Waals surface area contributed by atoms with Crippen LogP contribution in [0.5, 0.6) is 0 Å². The van der Waals surface area contributed by atoms with Crippen molar-refractivity contribution in [3.05, 3.63) is 0 Å². The summed E-state index contributed by atoms with van der Waals surface area (Å²) in [6.07, 6.45) is -2.32. The highest BCUT2D eigenvalue weighted by Crippen LogP contribution is 2.33. The van der Waals surface area contributed by atoms with E-state index in [1.165, 1.54) is 0 Å². The fourth-order valence-corrected chi connectivity index (χ4v) is 2.58. The Labute approximate surface area is 117 Å². The molecule has 0 aromatic heterocycles. The molecule has 1 rings (SSSR count). The molecule has 0 amide bonds. The number of carboxylic acid groups (broad SMARTS) is 1. The molecular formula is C13H23F3N2O2. The van der Waals surface area contributed by atoms with Crippen molar-refractivity contribution in [2.24, 2.45) is 11.7 Å². The van der Waals surface area contributed by atoms with Crippen LogP contribution in [0.4, 0.5) is 13.2 Å². The van der Waals surface area contributed by atoms with Crippen LogP contribution in [-0.2, 0) is 4.79 Å². The number of piperidine rings is 1. The topological polar surface area (TPSA) is 66.6 Å². The summed E-state index contributed by atoms with van der Waals surface area (Å²) < 4.78 is 38.0. The molecule has 1 aliphatic heterocycles. The summed E-state index contributed by atoms with van der Waals surface area (Å²) in [6.45, 7) is 2.83. The molecule has 2 atom stereocenters. The van der Waals surface area contributed by atoms with Gasteiger partial charge in [0, 0.05) is 6.54 Å². The van der Waals surface area contributed by atoms with Crippen LogP contribution in [-0.4, -0.2) is 47.3 Å². The molecule has 0 spiro atoms. The quantitative estimate of drug-likeness (QED) is 0.789. The van der Waals surface area contributed by atoms with Crippen LogP contribution in [0.1, 0.15) is 39.0 Å². The van der Waals surface area contributed by atoms with Crippen molar-refractivity contribution in [3.8, 4) is 0 Å². The number of carboxylic acids is 1. The summed E-state index contributed by atoms with van der Waals surface area (Å²) in [6, 6.07) is 0. The Morgan fingerprint density at radius 2 is 2.10 bits per heavy atom. The third-order valence-corrected chi connectivity index (χ3v) is 4.12. The molecule has 1 fully saturated rings. The fraction of sp³-hybridized carbons (Fsp3) is 0.923. The number of halogens is 3. The molecule has 0 aliphatic carbocycles. The average Bonchev–Trinajstić information content (AvgIpc) is 2.37. The van der Waals surface area contributed by atoms with Crippen LogP contribution in [0.3, 0.4) is 0 Å². The van der Waals surface area contributed by atoms with Gasteiger partial charge in [-0.25, -0.2) is 0 Å². The maximum atomic E-state index is 12.7. The largest absolute Gasteiger partial charge is 0.480 e. The van der Waals surface area contributed by atoms with E-state index in [1.54, 1.807) is 11.8 Å². The third kappa shape index (κ3) is 4.63. The Bertz CT molecular complexity index is 336. The van der Waals surface area contributed by atoms with E-state index in [9.17, 15) is 18.0 Å². The van der Waals surface area contributed by atoms with E-state index in [2.05, 4.69) is 0 Å². The first-order valence-corrected chi connectivity index (χ1v) is 7.00. The standard InChI is InChI=1S/C13H23F3N2O2/c1-2-12(17,11(19)20)6-4-8-18-7-3-5-10(9-18)13(14,15)16/h10H,2-9,17H2,1H3,(H,19,20). The smallest absolute Gasteiger partial charge is 0.393 e. The number of carbonyl (C=O) groups is 1. The molecule has 20 heavy (non-hydrogen) atoms. The van der Waals surface area contributed by atoms with Crippen LogP contribution in [0.2, 0.25) is 0 Å². The number of nitrogens with zero attached hydrogens (tertiary/aromatic N) is 1. The Hall–Kier alpha value is -0.820. The minimum atomic E-state index is -4.14. The second kappa shape index (κ2) is 6.76. The number of hydrogen-bond acceptors (Lipinski definition) is 3. The zero-order chi connectivity index (χ0) is 15.4. The van der Waals surface area contributed by atoms with Gasteiger partial charge >= 0.3 is 12.1 Å². The molecule has 0 bridgehead atoms. The lowest BCUT2D eigenvalue weighted by Crippen LogP contribution is -2.48. The minimum Gasteiger partial charge on any atom is -0.480 e. The van der Waals surface area contributed by atoms with Gasteiger partial charge in [-0.2, -0.15) is 13.2 Å². The summed E-state index contributed by atoms with van der Waals surface area (Å²) in [7, 11) is 0. The Kier molecular flexibility index (Phi) is 5.82. The van der Waals surface area contributed by atoms with Gasteiger partial charge in [-0.05, 0) is 45.2 Å². The Morgan fingerprint density at radius 1 is 1.45 bits per heavy atom. The highest BCUT2D eigenvalue weighted by atomic mass is 19.4. The first-order chi connectivity index (χ1) is 9.19. The van der Waals surface area contributed by atoms with Crippen molar-refractivity contribution in [2.45, 2.75) is 50.7 Å². The van der Waals surface area contributed by atoms with Crippen LogP contribution in [0.25, 0.3) is 0 Å². The summed E-state index contributed by atoms with van der Waals surface area (Å²) in [5.74, 6) is -2.31. The molecule has 0 radical (unpaired) electrons. The van der Waals surface area contributed by atoms with Gasteiger partial charge < -0.3 is 15.7 Å². The number of alkyl halides is 3. The summed E-state index contributed by atoms with van der Waals surface area (Å²) in [5, 5.41) is 9.03. The normalized spacial score (nSPS) is 24.4. The van der Waals surface area contributed by atoms with Crippen molar-refractivity contribution in [1.82, 2.24) is 4.90 Å². The maximum Gasteiger partial charge on any atom is 0.393 e. The summed E-state index contributed by atoms with van der Waals surface area (Å²) in [4.78, 5) is 12.8. The molecule has 1 aliphatic rings. The number of likely N-dealkylation sites (tertiary alicyclic amines) is 1. The SMILES string of the molecule is CCC(N)(CCCN1CCCC(C(F)(F)F)C1)C(=O)O. The van der Waals surface area contributed by atoms with Gasteiger partial charge in [0.05, 0.1) is 5.92 Å². The predicted molar refractivity (Wildman–Crippen MR) is 69.3 cm³/mol. The van der Waals surface area contributed by atoms with Gasteiger partial charge in [-0.3, -0.25) is 4.79 Å². The molecule has 0 aromatic rings. The third-order valence-electron chi connectivity index (χ3n) is 4.12. The highest BCUT2D eigenvalue weighted by molar-refractivity contribution is 5.78. The van der Waals surface area contributed by atoms with Gasteiger partial charge in [0.15, 0.2) is 0 Å². The highest BCUT2D eigenvalue weighted by Gasteiger charge is 2.41. The number of aliphatic carboxylic acids is 1. The zero-order valence-electron chi connectivity index (χ0n) is 11.7. The van der Waals surface area contributed by atoms with Crippen molar-refractivity contribution in [3.63, 3.8) is 0 Å². The Balaban J connectivity index is 2.40. The molecule has 0 aromatic carbocycles. The minimum absolute atomic E-state index is 0.0142. The van der Waals surface area contributed by atoms with Crippen molar-refractivity contribution < 1.29 is 23.1 Å². The van der Waals surface area contributed by atoms with E-state index in [4.69, 9.17) is 10.8 Å². The number of hydrogen-bond donors (Lipinski definition) is 2. The van der Waals surface area contributed by atoms with Gasteiger partial charge in [0.2, 0.25) is 0 Å². The van der Waals surface area contributed by atoms with E-state index >= 15 is 0 Å². The number of nitrogens with two attached hydrogens (primary N) is 1. The molecule has 1 saturated heterocycles. The van der Waals surface area contributed by atoms with Crippen molar-refractivity contribution >= 4 is 5.97 Å². The lowest BCUT2D eigenvalue weighted by atomic mass is 9.91. The Morgan fingerprint density at radius 3 is 2.60 bits per heavy atom. The van der Waals surface area contributed by atoms with Gasteiger partial charge in [-0.15, -0.1) is 0 Å². The monoisotopic (exact) mass is 296 g/mol. The maximum absolute atomic E-state index is 12.7. The first kappa shape index (κ1) is 17.2. The molecule has 1 heterocycles. The molecule has 4 nitrogen and oxygen atoms in total. The summed E-state index contributed by atoms with van der Waals surface area (Å²) in [5.41, 5.74) is 4.49. The lowest BCUT2D eigenvalue weighted by Gasteiger charge is -2.34. The average molecular weight is 296 g/mol. The fourth-order valence-electron chi connectivity index (χ4n) is 2.58. The second-order valence-corrected chi connectivity index (χ2v) is 5.60. The van der Waals surface area contributed by atoms with Gasteiger partial charge in [0.25, 0.3) is 0 Å². The molecule has 3 N–H and O–H groups in total. The van der Waals surface area contributed by atoms with Gasteiger partial charge in [-0.1, -0.05) is 6.92 Å². The van der Waals surface area contributed by atoms with Gasteiger partial charge in [0.1, 0.15) is 5.54 Å². The van der Waals surface area contributed by atoms with E-state index in [-0.39, 0.29) is 19.4 Å². The van der Waals surface area contributed by atoms with E-state index in [0.29, 0.717) is 32.4 Å². The van der Waals surface area contributed by atoms with E-state index < -0.39 is 23.6 Å². The predicted octanol–water partition coefficient (Wildman–Crippen LogP) is 2.23. The van der Waals surface area contributed by atoms with Crippen LogP contribution in [0, 0.1) is 5.92 Å². The summed E-state index contributed by atoms with van der Waals surface area (Å²) >= 11 is 0. The van der Waals surface area contributed by atoms with E-state index in [1.807, 2.05) is 0 Å². The zero-order valence-corrected chi connectivity index (χ0v) is 11.7. The second-order valence-electron chi connectivity index (χ2n) is 5.60. The lowest BCUT2D eigenvalue weighted by molar-refractivity contribution is -0.186.